The predicted octanol–water partition coefficient (Wildman–Crippen LogP) is 2.02. The fourth-order valence-corrected chi connectivity index (χ4v) is 3.19. The van der Waals surface area contributed by atoms with Gasteiger partial charge in [0, 0.05) is 11.4 Å². The van der Waals surface area contributed by atoms with Crippen molar-refractivity contribution >= 4 is 21.4 Å². The van der Waals surface area contributed by atoms with Gasteiger partial charge in [0.1, 0.15) is 5.76 Å². The summed E-state index contributed by atoms with van der Waals surface area (Å²) in [6, 6.07) is 3.43. The van der Waals surface area contributed by atoms with Crippen LogP contribution in [0.4, 0.5) is 0 Å². The Labute approximate surface area is 128 Å². The van der Waals surface area contributed by atoms with E-state index in [0.29, 0.717) is 24.0 Å². The molecule has 0 radical (unpaired) electrons. The number of aromatic nitrogens is 1. The summed E-state index contributed by atoms with van der Waals surface area (Å²) in [4.78, 5) is 4.21. The second-order valence-corrected chi connectivity index (χ2v) is 7.70. The highest BCUT2D eigenvalue weighted by atomic mass is 32.2. The van der Waals surface area contributed by atoms with Gasteiger partial charge in [-0.2, -0.15) is 0 Å². The van der Waals surface area contributed by atoms with Crippen LogP contribution < -0.4 is 10.0 Å². The number of rotatable bonds is 7. The molecule has 0 spiro atoms. The van der Waals surface area contributed by atoms with Crippen LogP contribution in [0.3, 0.4) is 0 Å². The molecule has 0 fully saturated rings. The lowest BCUT2D eigenvalue weighted by Crippen LogP contribution is -2.23. The second kappa shape index (κ2) is 6.69. The van der Waals surface area contributed by atoms with Gasteiger partial charge in [-0.15, -0.1) is 11.3 Å². The summed E-state index contributed by atoms with van der Waals surface area (Å²) in [7, 11) is -3.65. The number of sulfonamides is 1. The first kappa shape index (κ1) is 16.2. The zero-order valence-corrected chi connectivity index (χ0v) is 13.8. The third-order valence-electron chi connectivity index (χ3n) is 2.70. The normalized spacial score (nSPS) is 12.2. The third kappa shape index (κ3) is 4.63. The monoisotopic (exact) mass is 329 g/mol. The summed E-state index contributed by atoms with van der Waals surface area (Å²) in [5.41, 5.74) is 0.703. The Balaban J connectivity index is 1.99. The summed E-state index contributed by atoms with van der Waals surface area (Å²) in [5, 5.41) is 5.83. The van der Waals surface area contributed by atoms with Crippen LogP contribution in [-0.2, 0) is 23.1 Å². The Morgan fingerprint density at radius 3 is 2.71 bits per heavy atom. The Hall–Kier alpha value is -1.22. The number of hydrogen-bond donors (Lipinski definition) is 2. The summed E-state index contributed by atoms with van der Waals surface area (Å²) in [5.74, 6) is 0.591. The maximum Gasteiger partial charge on any atom is 0.274 e. The van der Waals surface area contributed by atoms with E-state index < -0.39 is 10.0 Å². The van der Waals surface area contributed by atoms with Crippen molar-refractivity contribution in [1.29, 1.82) is 0 Å². The summed E-state index contributed by atoms with van der Waals surface area (Å²) in [6.45, 7) is 6.56. The minimum atomic E-state index is -3.65. The van der Waals surface area contributed by atoms with E-state index in [9.17, 15) is 8.42 Å². The summed E-state index contributed by atoms with van der Waals surface area (Å²) >= 11 is 1.49. The number of nitrogens with one attached hydrogen (secondary N) is 2. The van der Waals surface area contributed by atoms with Crippen molar-refractivity contribution in [2.24, 2.45) is 0 Å². The van der Waals surface area contributed by atoms with E-state index in [1.54, 1.807) is 6.07 Å². The van der Waals surface area contributed by atoms with E-state index in [4.69, 9.17) is 4.42 Å². The molecule has 2 aromatic rings. The molecule has 0 aliphatic heterocycles. The van der Waals surface area contributed by atoms with Crippen molar-refractivity contribution < 1.29 is 12.8 Å². The molecule has 116 valence electrons. The fraction of sp³-hybridized carbons (Fsp3) is 0.462. The van der Waals surface area contributed by atoms with Gasteiger partial charge in [0.15, 0.2) is 0 Å². The van der Waals surface area contributed by atoms with Crippen LogP contribution in [0.1, 0.15) is 30.3 Å². The lowest BCUT2D eigenvalue weighted by molar-refractivity contribution is 0.393. The van der Waals surface area contributed by atoms with Crippen LogP contribution in [0.15, 0.2) is 27.0 Å². The SMILES string of the molecule is Cc1nc(CNS(=O)(=O)c2ccc(CNC(C)C)o2)cs1. The van der Waals surface area contributed by atoms with E-state index in [-0.39, 0.29) is 11.6 Å². The first-order valence-electron chi connectivity index (χ1n) is 6.59. The molecule has 0 saturated heterocycles. The van der Waals surface area contributed by atoms with Crippen molar-refractivity contribution in [2.45, 2.75) is 45.0 Å². The lowest BCUT2D eigenvalue weighted by atomic mass is 10.3. The standard InChI is InChI=1S/C13H19N3O3S2/c1-9(2)14-7-12-4-5-13(19-12)21(17,18)15-6-11-8-20-10(3)16-11/h4-5,8-9,14-15H,6-7H2,1-3H3. The van der Waals surface area contributed by atoms with Gasteiger partial charge in [0.05, 0.1) is 23.8 Å². The van der Waals surface area contributed by atoms with E-state index >= 15 is 0 Å². The molecule has 0 atom stereocenters. The average molecular weight is 329 g/mol. The number of furan rings is 1. The number of aryl methyl sites for hydroxylation is 1. The topological polar surface area (TPSA) is 84.2 Å². The molecule has 2 rings (SSSR count). The van der Waals surface area contributed by atoms with E-state index in [1.807, 2.05) is 26.2 Å². The van der Waals surface area contributed by atoms with Crippen molar-refractivity contribution in [3.8, 4) is 0 Å². The fourth-order valence-electron chi connectivity index (χ4n) is 1.63. The molecule has 6 nitrogen and oxygen atoms in total. The van der Waals surface area contributed by atoms with Crippen LogP contribution in [0, 0.1) is 6.92 Å². The van der Waals surface area contributed by atoms with Crippen molar-refractivity contribution in [3.05, 3.63) is 34.0 Å². The van der Waals surface area contributed by atoms with E-state index in [1.165, 1.54) is 17.4 Å². The van der Waals surface area contributed by atoms with Crippen molar-refractivity contribution in [1.82, 2.24) is 15.0 Å². The number of thiazole rings is 1. The van der Waals surface area contributed by atoms with E-state index in [2.05, 4.69) is 15.0 Å². The predicted molar refractivity (Wildman–Crippen MR) is 81.6 cm³/mol. The zero-order valence-electron chi connectivity index (χ0n) is 12.2. The molecule has 2 aromatic heterocycles. The first-order valence-corrected chi connectivity index (χ1v) is 8.96. The molecule has 0 saturated carbocycles. The van der Waals surface area contributed by atoms with Crippen LogP contribution in [0.2, 0.25) is 0 Å². The maximum atomic E-state index is 12.1. The summed E-state index contributed by atoms with van der Waals surface area (Å²) < 4.78 is 32.1. The molecule has 2 N–H and O–H groups in total. The van der Waals surface area contributed by atoms with Gasteiger partial charge in [0.2, 0.25) is 5.09 Å². The van der Waals surface area contributed by atoms with Crippen LogP contribution in [-0.4, -0.2) is 19.4 Å². The average Bonchev–Trinajstić information content (AvgIpc) is 3.03. The quantitative estimate of drug-likeness (QED) is 0.812. The smallest absolute Gasteiger partial charge is 0.274 e. The van der Waals surface area contributed by atoms with Gasteiger partial charge in [-0.25, -0.2) is 18.1 Å². The van der Waals surface area contributed by atoms with Gasteiger partial charge in [-0.3, -0.25) is 0 Å². The molecule has 21 heavy (non-hydrogen) atoms. The molecule has 0 aliphatic rings. The maximum absolute atomic E-state index is 12.1. The van der Waals surface area contributed by atoms with Crippen molar-refractivity contribution in [2.75, 3.05) is 0 Å². The van der Waals surface area contributed by atoms with Gasteiger partial charge < -0.3 is 9.73 Å². The highest BCUT2D eigenvalue weighted by molar-refractivity contribution is 7.89. The molecule has 0 aromatic carbocycles. The first-order chi connectivity index (χ1) is 9.87. The molecular weight excluding hydrogens is 310 g/mol. The summed E-state index contributed by atoms with van der Waals surface area (Å²) in [6.07, 6.45) is 0. The molecular formula is C13H19N3O3S2. The minimum absolute atomic E-state index is 0.0741. The van der Waals surface area contributed by atoms with Gasteiger partial charge in [0.25, 0.3) is 10.0 Å². The van der Waals surface area contributed by atoms with Crippen LogP contribution in [0.5, 0.6) is 0 Å². The zero-order chi connectivity index (χ0) is 15.5. The Morgan fingerprint density at radius 1 is 1.33 bits per heavy atom. The molecule has 0 bridgehead atoms. The Kier molecular flexibility index (Phi) is 5.15. The van der Waals surface area contributed by atoms with Gasteiger partial charge in [-0.1, -0.05) is 13.8 Å². The molecule has 0 aliphatic carbocycles. The molecule has 8 heteroatoms. The third-order valence-corrected chi connectivity index (χ3v) is 4.79. The Morgan fingerprint density at radius 2 is 2.10 bits per heavy atom. The second-order valence-electron chi connectivity index (χ2n) is 4.94. The highest BCUT2D eigenvalue weighted by Crippen LogP contribution is 2.15. The van der Waals surface area contributed by atoms with Gasteiger partial charge in [-0.05, 0) is 19.1 Å². The minimum Gasteiger partial charge on any atom is -0.447 e. The number of hydrogen-bond acceptors (Lipinski definition) is 6. The van der Waals surface area contributed by atoms with E-state index in [0.717, 1.165) is 5.01 Å². The molecule has 0 amide bonds. The lowest BCUT2D eigenvalue weighted by Gasteiger charge is -2.05. The Bertz CT molecular complexity index is 689. The highest BCUT2D eigenvalue weighted by Gasteiger charge is 2.19. The molecule has 0 unspecified atom stereocenters. The van der Waals surface area contributed by atoms with Crippen molar-refractivity contribution in [3.63, 3.8) is 0 Å². The number of nitrogens with zero attached hydrogens (tertiary/aromatic N) is 1. The van der Waals surface area contributed by atoms with Gasteiger partial charge >= 0.3 is 0 Å². The largest absolute Gasteiger partial charge is 0.447 e. The van der Waals surface area contributed by atoms with Crippen LogP contribution >= 0.6 is 11.3 Å². The molecule has 2 heterocycles. The van der Waals surface area contributed by atoms with Crippen LogP contribution in [0.25, 0.3) is 0 Å².